The minimum atomic E-state index is -0.253. The van der Waals surface area contributed by atoms with E-state index < -0.39 is 0 Å². The summed E-state index contributed by atoms with van der Waals surface area (Å²) in [5.41, 5.74) is 0.797. The van der Waals surface area contributed by atoms with Crippen LogP contribution in [-0.4, -0.2) is 36.5 Å². The number of benzene rings is 1. The molecule has 1 aliphatic heterocycles. The molecule has 0 radical (unpaired) electrons. The van der Waals surface area contributed by atoms with Gasteiger partial charge in [-0.1, -0.05) is 11.3 Å². The van der Waals surface area contributed by atoms with Crippen LogP contribution >= 0.6 is 11.3 Å². The third-order valence-corrected chi connectivity index (χ3v) is 3.69. The molecule has 2 heterocycles. The predicted octanol–water partition coefficient (Wildman–Crippen LogP) is 2.26. The Morgan fingerprint density at radius 2 is 1.89 bits per heavy atom. The first-order valence-electron chi connectivity index (χ1n) is 6.00. The molecule has 1 aliphatic rings. The van der Waals surface area contributed by atoms with Crippen molar-refractivity contribution in [3.8, 4) is 0 Å². The first-order valence-corrected chi connectivity index (χ1v) is 6.82. The van der Waals surface area contributed by atoms with E-state index in [0.29, 0.717) is 5.13 Å². The summed E-state index contributed by atoms with van der Waals surface area (Å²) in [4.78, 5) is 2.15. The first kappa shape index (κ1) is 12.3. The molecular weight excluding hydrogens is 267 g/mol. The lowest BCUT2D eigenvalue weighted by molar-refractivity contribution is 0.122. The van der Waals surface area contributed by atoms with Crippen molar-refractivity contribution in [1.82, 2.24) is 10.2 Å². The molecule has 2 aromatic rings. The number of morpholine rings is 1. The van der Waals surface area contributed by atoms with Gasteiger partial charge >= 0.3 is 0 Å². The Bertz CT molecular complexity index is 539. The average molecular weight is 280 g/mol. The van der Waals surface area contributed by atoms with E-state index in [1.54, 1.807) is 12.1 Å². The smallest absolute Gasteiger partial charge is 0.211 e. The van der Waals surface area contributed by atoms with Crippen LogP contribution in [0.2, 0.25) is 0 Å². The zero-order chi connectivity index (χ0) is 13.1. The van der Waals surface area contributed by atoms with Crippen LogP contribution in [0.1, 0.15) is 0 Å². The molecule has 100 valence electrons. The fraction of sp³-hybridized carbons (Fsp3) is 0.333. The van der Waals surface area contributed by atoms with Crippen molar-refractivity contribution in [3.63, 3.8) is 0 Å². The predicted molar refractivity (Wildman–Crippen MR) is 72.6 cm³/mol. The lowest BCUT2D eigenvalue weighted by Gasteiger charge is -2.25. The Morgan fingerprint density at radius 1 is 1.16 bits per heavy atom. The number of aromatic nitrogens is 2. The zero-order valence-electron chi connectivity index (χ0n) is 10.2. The summed E-state index contributed by atoms with van der Waals surface area (Å²) in [6, 6.07) is 6.16. The monoisotopic (exact) mass is 280 g/mol. The normalized spacial score (nSPS) is 15.5. The van der Waals surface area contributed by atoms with Crippen molar-refractivity contribution < 1.29 is 9.13 Å². The van der Waals surface area contributed by atoms with E-state index in [1.807, 2.05) is 0 Å². The molecule has 0 unspecified atom stereocenters. The summed E-state index contributed by atoms with van der Waals surface area (Å²) in [7, 11) is 0. The van der Waals surface area contributed by atoms with Crippen LogP contribution in [0.4, 0.5) is 20.3 Å². The van der Waals surface area contributed by atoms with Crippen molar-refractivity contribution >= 4 is 27.3 Å². The standard InChI is InChI=1S/C12H13FN4OS/c13-9-1-3-10(4-2-9)14-11-15-16-12(19-11)17-5-7-18-8-6-17/h1-4H,5-8H2,(H,14,15). The van der Waals surface area contributed by atoms with Crippen molar-refractivity contribution in [1.29, 1.82) is 0 Å². The number of rotatable bonds is 3. The minimum Gasteiger partial charge on any atom is -0.378 e. The maximum Gasteiger partial charge on any atom is 0.211 e. The van der Waals surface area contributed by atoms with Gasteiger partial charge in [0.1, 0.15) is 5.82 Å². The molecule has 0 aliphatic carbocycles. The molecule has 0 amide bonds. The summed E-state index contributed by atoms with van der Waals surface area (Å²) < 4.78 is 18.1. The fourth-order valence-corrected chi connectivity index (χ4v) is 2.62. The SMILES string of the molecule is Fc1ccc(Nc2nnc(N3CCOCC3)s2)cc1. The Balaban J connectivity index is 1.68. The number of halogens is 1. The highest BCUT2D eigenvalue weighted by atomic mass is 32.1. The van der Waals surface area contributed by atoms with E-state index in [2.05, 4.69) is 20.4 Å². The van der Waals surface area contributed by atoms with Gasteiger partial charge in [0, 0.05) is 18.8 Å². The minimum absolute atomic E-state index is 0.253. The maximum atomic E-state index is 12.8. The quantitative estimate of drug-likeness (QED) is 0.934. The number of ether oxygens (including phenoxy) is 1. The highest BCUT2D eigenvalue weighted by Crippen LogP contribution is 2.27. The van der Waals surface area contributed by atoms with Crippen LogP contribution in [0.5, 0.6) is 0 Å². The summed E-state index contributed by atoms with van der Waals surface area (Å²) in [6.45, 7) is 3.12. The van der Waals surface area contributed by atoms with Crippen molar-refractivity contribution in [2.24, 2.45) is 0 Å². The van der Waals surface area contributed by atoms with Gasteiger partial charge in [0.2, 0.25) is 10.3 Å². The van der Waals surface area contributed by atoms with Gasteiger partial charge in [-0.25, -0.2) is 4.39 Å². The van der Waals surface area contributed by atoms with Crippen LogP contribution in [-0.2, 0) is 4.74 Å². The molecule has 1 aromatic heterocycles. The molecule has 0 atom stereocenters. The van der Waals surface area contributed by atoms with Crippen LogP contribution in [0, 0.1) is 5.82 Å². The largest absolute Gasteiger partial charge is 0.378 e. The van der Waals surface area contributed by atoms with Crippen molar-refractivity contribution in [2.45, 2.75) is 0 Å². The fourth-order valence-electron chi connectivity index (χ4n) is 1.81. The van der Waals surface area contributed by atoms with Gasteiger partial charge in [-0.05, 0) is 24.3 Å². The Morgan fingerprint density at radius 3 is 2.63 bits per heavy atom. The number of nitrogens with zero attached hydrogens (tertiary/aromatic N) is 3. The van der Waals surface area contributed by atoms with E-state index in [-0.39, 0.29) is 5.82 Å². The molecule has 0 bridgehead atoms. The zero-order valence-corrected chi connectivity index (χ0v) is 11.0. The topological polar surface area (TPSA) is 50.3 Å². The van der Waals surface area contributed by atoms with Crippen molar-refractivity contribution in [2.75, 3.05) is 36.5 Å². The van der Waals surface area contributed by atoms with Gasteiger partial charge < -0.3 is 15.0 Å². The second kappa shape index (κ2) is 5.50. The molecule has 1 fully saturated rings. The van der Waals surface area contributed by atoms with Crippen LogP contribution in [0.3, 0.4) is 0 Å². The Kier molecular flexibility index (Phi) is 3.56. The third kappa shape index (κ3) is 2.99. The molecule has 19 heavy (non-hydrogen) atoms. The van der Waals surface area contributed by atoms with Gasteiger partial charge in [-0.3, -0.25) is 0 Å². The van der Waals surface area contributed by atoms with E-state index in [0.717, 1.165) is 37.1 Å². The number of hydrogen-bond acceptors (Lipinski definition) is 6. The summed E-state index contributed by atoms with van der Waals surface area (Å²) in [5, 5.41) is 12.9. The van der Waals surface area contributed by atoms with Gasteiger partial charge in [-0.15, -0.1) is 10.2 Å². The molecule has 5 nitrogen and oxygen atoms in total. The van der Waals surface area contributed by atoms with E-state index in [1.165, 1.54) is 23.5 Å². The summed E-state index contributed by atoms with van der Waals surface area (Å²) in [5.74, 6) is -0.253. The molecule has 1 N–H and O–H groups in total. The Labute approximate surface area is 114 Å². The molecule has 0 saturated carbocycles. The number of hydrogen-bond donors (Lipinski definition) is 1. The average Bonchev–Trinajstić information content (AvgIpc) is 2.91. The maximum absolute atomic E-state index is 12.8. The van der Waals surface area contributed by atoms with Crippen molar-refractivity contribution in [3.05, 3.63) is 30.1 Å². The van der Waals surface area contributed by atoms with E-state index in [9.17, 15) is 4.39 Å². The third-order valence-electron chi connectivity index (χ3n) is 2.79. The van der Waals surface area contributed by atoms with Gasteiger partial charge in [0.25, 0.3) is 0 Å². The second-order valence-electron chi connectivity index (χ2n) is 4.12. The molecular formula is C12H13FN4OS. The number of anilines is 3. The van der Waals surface area contributed by atoms with Crippen LogP contribution < -0.4 is 10.2 Å². The van der Waals surface area contributed by atoms with Crippen LogP contribution in [0.15, 0.2) is 24.3 Å². The van der Waals surface area contributed by atoms with Gasteiger partial charge in [0.05, 0.1) is 13.2 Å². The number of nitrogens with one attached hydrogen (secondary N) is 1. The van der Waals surface area contributed by atoms with Gasteiger partial charge in [0.15, 0.2) is 0 Å². The Hall–Kier alpha value is -1.73. The second-order valence-corrected chi connectivity index (χ2v) is 5.08. The molecule has 7 heteroatoms. The van der Waals surface area contributed by atoms with Gasteiger partial charge in [-0.2, -0.15) is 0 Å². The molecule has 1 aromatic carbocycles. The van der Waals surface area contributed by atoms with E-state index >= 15 is 0 Å². The lowest BCUT2D eigenvalue weighted by atomic mass is 10.3. The summed E-state index contributed by atoms with van der Waals surface area (Å²) >= 11 is 1.48. The van der Waals surface area contributed by atoms with E-state index in [4.69, 9.17) is 4.74 Å². The molecule has 0 spiro atoms. The highest BCUT2D eigenvalue weighted by Gasteiger charge is 2.15. The summed E-state index contributed by atoms with van der Waals surface area (Å²) in [6.07, 6.45) is 0. The molecule has 1 saturated heterocycles. The lowest BCUT2D eigenvalue weighted by Crippen LogP contribution is -2.36. The molecule has 3 rings (SSSR count). The highest BCUT2D eigenvalue weighted by molar-refractivity contribution is 7.19. The van der Waals surface area contributed by atoms with Crippen LogP contribution in [0.25, 0.3) is 0 Å². The first-order chi connectivity index (χ1) is 9.31.